The lowest BCUT2D eigenvalue weighted by molar-refractivity contribution is -0.145. The topological polar surface area (TPSA) is 102 Å². The van der Waals surface area contributed by atoms with Crippen molar-refractivity contribution in [2.45, 2.75) is 19.4 Å². The average molecular weight is 295 g/mol. The van der Waals surface area contributed by atoms with Crippen molar-refractivity contribution in [3.8, 4) is 0 Å². The number of aromatic nitrogens is 2. The van der Waals surface area contributed by atoms with Gasteiger partial charge >= 0.3 is 11.7 Å². The van der Waals surface area contributed by atoms with E-state index in [4.69, 9.17) is 5.11 Å². The number of hydrogen-bond acceptors (Lipinski definition) is 4. The van der Waals surface area contributed by atoms with Crippen LogP contribution >= 0.6 is 0 Å². The molecule has 1 aliphatic rings. The Bertz CT molecular complexity index is 675. The fraction of sp³-hybridized carbons (Fsp3) is 0.538. The van der Waals surface area contributed by atoms with Crippen LogP contribution in [-0.4, -0.2) is 44.1 Å². The van der Waals surface area contributed by atoms with Crippen LogP contribution in [0.5, 0.6) is 0 Å². The molecule has 0 aromatic carbocycles. The Kier molecular flexibility index (Phi) is 4.25. The van der Waals surface area contributed by atoms with Crippen molar-refractivity contribution in [1.82, 2.24) is 14.0 Å². The van der Waals surface area contributed by atoms with Gasteiger partial charge in [-0.3, -0.25) is 23.5 Å². The molecule has 8 nitrogen and oxygen atoms in total. The molecule has 1 atom stereocenters. The maximum Gasteiger partial charge on any atom is 0.331 e. The first kappa shape index (κ1) is 15.0. The van der Waals surface area contributed by atoms with E-state index < -0.39 is 23.1 Å². The molecular weight excluding hydrogens is 278 g/mol. The summed E-state index contributed by atoms with van der Waals surface area (Å²) in [7, 11) is 1.34. The Hall–Kier alpha value is -2.38. The van der Waals surface area contributed by atoms with Crippen LogP contribution in [0.4, 0.5) is 0 Å². The van der Waals surface area contributed by atoms with E-state index >= 15 is 0 Å². The van der Waals surface area contributed by atoms with Gasteiger partial charge in [-0.1, -0.05) is 0 Å². The highest BCUT2D eigenvalue weighted by atomic mass is 16.4. The monoisotopic (exact) mass is 295 g/mol. The SMILES string of the molecule is Cn1c(=O)ccn(CC(=O)N2CCC[C@H](C(=O)O)C2)c1=O. The molecule has 1 amide bonds. The third-order valence-corrected chi connectivity index (χ3v) is 3.69. The van der Waals surface area contributed by atoms with Crippen molar-refractivity contribution < 1.29 is 14.7 Å². The molecule has 0 spiro atoms. The zero-order valence-corrected chi connectivity index (χ0v) is 11.7. The minimum absolute atomic E-state index is 0.161. The summed E-state index contributed by atoms with van der Waals surface area (Å²) < 4.78 is 2.07. The highest BCUT2D eigenvalue weighted by Gasteiger charge is 2.28. The summed E-state index contributed by atoms with van der Waals surface area (Å²) in [6.45, 7) is 0.455. The van der Waals surface area contributed by atoms with E-state index in [1.807, 2.05) is 0 Å². The van der Waals surface area contributed by atoms with Gasteiger partial charge in [0.2, 0.25) is 5.91 Å². The number of carboxylic acids is 1. The van der Waals surface area contributed by atoms with E-state index in [2.05, 4.69) is 0 Å². The number of hydrogen-bond donors (Lipinski definition) is 1. The van der Waals surface area contributed by atoms with Crippen molar-refractivity contribution in [2.75, 3.05) is 13.1 Å². The van der Waals surface area contributed by atoms with Gasteiger partial charge < -0.3 is 10.0 Å². The molecule has 1 fully saturated rings. The van der Waals surface area contributed by atoms with Crippen molar-refractivity contribution >= 4 is 11.9 Å². The van der Waals surface area contributed by atoms with Crippen LogP contribution in [0, 0.1) is 5.92 Å². The van der Waals surface area contributed by atoms with Gasteiger partial charge in [0, 0.05) is 32.4 Å². The number of amides is 1. The Morgan fingerprint density at radius 3 is 2.76 bits per heavy atom. The van der Waals surface area contributed by atoms with Crippen LogP contribution in [0.2, 0.25) is 0 Å². The van der Waals surface area contributed by atoms with E-state index in [1.165, 1.54) is 24.2 Å². The van der Waals surface area contributed by atoms with Crippen LogP contribution in [0.25, 0.3) is 0 Å². The standard InChI is InChI=1S/C13H17N3O5/c1-14-10(17)4-6-16(13(14)21)8-11(18)15-5-2-3-9(7-15)12(19)20/h4,6,9H,2-3,5,7-8H2,1H3,(H,19,20)/t9-/m0/s1. The number of nitrogens with zero attached hydrogens (tertiary/aromatic N) is 3. The van der Waals surface area contributed by atoms with Crippen molar-refractivity contribution in [3.05, 3.63) is 33.1 Å². The largest absolute Gasteiger partial charge is 0.481 e. The van der Waals surface area contributed by atoms with Crippen molar-refractivity contribution in [1.29, 1.82) is 0 Å². The third-order valence-electron chi connectivity index (χ3n) is 3.69. The molecule has 21 heavy (non-hydrogen) atoms. The lowest BCUT2D eigenvalue weighted by atomic mass is 9.98. The van der Waals surface area contributed by atoms with Gasteiger partial charge in [0.1, 0.15) is 6.54 Å². The van der Waals surface area contributed by atoms with Gasteiger partial charge in [-0.15, -0.1) is 0 Å². The van der Waals surface area contributed by atoms with Crippen molar-refractivity contribution in [3.63, 3.8) is 0 Å². The zero-order valence-electron chi connectivity index (χ0n) is 11.7. The van der Waals surface area contributed by atoms with E-state index in [0.29, 0.717) is 19.4 Å². The number of aliphatic carboxylic acids is 1. The Balaban J connectivity index is 2.11. The fourth-order valence-corrected chi connectivity index (χ4v) is 2.39. The van der Waals surface area contributed by atoms with Crippen LogP contribution < -0.4 is 11.2 Å². The molecule has 1 N–H and O–H groups in total. The smallest absolute Gasteiger partial charge is 0.331 e. The molecule has 1 saturated heterocycles. The number of carbonyl (C=O) groups excluding carboxylic acids is 1. The van der Waals surface area contributed by atoms with E-state index in [9.17, 15) is 19.2 Å². The van der Waals surface area contributed by atoms with Crippen LogP contribution in [0.1, 0.15) is 12.8 Å². The van der Waals surface area contributed by atoms with Crippen LogP contribution in [0.15, 0.2) is 21.9 Å². The minimum atomic E-state index is -0.910. The summed E-state index contributed by atoms with van der Waals surface area (Å²) >= 11 is 0. The molecule has 114 valence electrons. The first-order valence-corrected chi connectivity index (χ1v) is 6.67. The summed E-state index contributed by atoms with van der Waals surface area (Å²) in [6, 6.07) is 1.21. The predicted molar refractivity (Wildman–Crippen MR) is 72.9 cm³/mol. The molecule has 8 heteroatoms. The van der Waals surface area contributed by atoms with E-state index in [0.717, 1.165) is 9.13 Å². The lowest BCUT2D eigenvalue weighted by Crippen LogP contribution is -2.46. The van der Waals surface area contributed by atoms with Crippen molar-refractivity contribution in [2.24, 2.45) is 13.0 Å². The fourth-order valence-electron chi connectivity index (χ4n) is 2.39. The molecule has 0 saturated carbocycles. The van der Waals surface area contributed by atoms with Gasteiger partial charge in [-0.2, -0.15) is 0 Å². The summed E-state index contributed by atoms with van der Waals surface area (Å²) in [5.74, 6) is -1.78. The second kappa shape index (κ2) is 5.94. The highest BCUT2D eigenvalue weighted by molar-refractivity contribution is 5.77. The number of carbonyl (C=O) groups is 2. The third kappa shape index (κ3) is 3.21. The molecule has 0 aliphatic carbocycles. The van der Waals surface area contributed by atoms with Crippen LogP contribution in [0.3, 0.4) is 0 Å². The van der Waals surface area contributed by atoms with Gasteiger partial charge in [0.05, 0.1) is 5.92 Å². The van der Waals surface area contributed by atoms with E-state index in [-0.39, 0.29) is 19.0 Å². The number of carboxylic acid groups (broad SMARTS) is 1. The zero-order chi connectivity index (χ0) is 15.6. The summed E-state index contributed by atoms with van der Waals surface area (Å²) in [5.41, 5.74) is -1.00. The summed E-state index contributed by atoms with van der Waals surface area (Å²) in [5, 5.41) is 9.01. The molecule has 2 rings (SSSR count). The van der Waals surface area contributed by atoms with Gasteiger partial charge in [-0.05, 0) is 12.8 Å². The maximum atomic E-state index is 12.2. The molecule has 1 aromatic rings. The van der Waals surface area contributed by atoms with Crippen LogP contribution in [-0.2, 0) is 23.2 Å². The average Bonchev–Trinajstić information content (AvgIpc) is 2.48. The quantitative estimate of drug-likeness (QED) is 0.760. The first-order valence-electron chi connectivity index (χ1n) is 6.67. The number of likely N-dealkylation sites (tertiary alicyclic amines) is 1. The Labute approximate surface area is 120 Å². The second-order valence-corrected chi connectivity index (χ2v) is 5.14. The second-order valence-electron chi connectivity index (χ2n) is 5.14. The van der Waals surface area contributed by atoms with E-state index in [1.54, 1.807) is 0 Å². The predicted octanol–water partition coefficient (Wildman–Crippen LogP) is -1.13. The molecule has 0 bridgehead atoms. The Morgan fingerprint density at radius 1 is 1.38 bits per heavy atom. The van der Waals surface area contributed by atoms with Gasteiger partial charge in [0.25, 0.3) is 5.56 Å². The molecule has 0 unspecified atom stereocenters. The maximum absolute atomic E-state index is 12.2. The minimum Gasteiger partial charge on any atom is -0.481 e. The summed E-state index contributed by atoms with van der Waals surface area (Å²) in [4.78, 5) is 47.7. The molecule has 1 aliphatic heterocycles. The molecule has 2 heterocycles. The lowest BCUT2D eigenvalue weighted by Gasteiger charge is -2.30. The number of rotatable bonds is 3. The van der Waals surface area contributed by atoms with Gasteiger partial charge in [-0.25, -0.2) is 4.79 Å². The highest BCUT2D eigenvalue weighted by Crippen LogP contribution is 2.16. The van der Waals surface area contributed by atoms with Gasteiger partial charge in [0.15, 0.2) is 0 Å². The number of piperidine rings is 1. The Morgan fingerprint density at radius 2 is 2.10 bits per heavy atom. The molecule has 0 radical (unpaired) electrons. The summed E-state index contributed by atoms with van der Waals surface area (Å²) in [6.07, 6.45) is 2.46. The molecular formula is C13H17N3O5. The normalized spacial score (nSPS) is 18.5. The molecule has 1 aromatic heterocycles. The first-order chi connectivity index (χ1) is 9.90.